The average Bonchev–Trinajstić information content (AvgIpc) is 2.94. The van der Waals surface area contributed by atoms with Gasteiger partial charge in [-0.1, -0.05) is 23.2 Å². The van der Waals surface area contributed by atoms with Crippen molar-refractivity contribution in [2.45, 2.75) is 26.5 Å². The number of aryl methyl sites for hydroxylation is 1. The molecule has 0 aliphatic heterocycles. The van der Waals surface area contributed by atoms with Crippen LogP contribution in [0.5, 0.6) is 5.75 Å². The Bertz CT molecular complexity index is 1090. The molecule has 0 saturated heterocycles. The van der Waals surface area contributed by atoms with Gasteiger partial charge in [0.25, 0.3) is 0 Å². The molecule has 0 radical (unpaired) electrons. The molecule has 0 aliphatic carbocycles. The van der Waals surface area contributed by atoms with Gasteiger partial charge in [-0.3, -0.25) is 13.9 Å². The van der Waals surface area contributed by atoms with Crippen molar-refractivity contribution in [2.75, 3.05) is 6.61 Å². The molecule has 1 atom stereocenters. The Kier molecular flexibility index (Phi) is 6.47. The van der Waals surface area contributed by atoms with E-state index in [0.29, 0.717) is 32.7 Å². The maximum absolute atomic E-state index is 12.8. The number of carbonyl (C=O) groups excluding carboxylic acids is 1. The Morgan fingerprint density at radius 3 is 2.48 bits per heavy atom. The molecule has 1 heterocycles. The first-order chi connectivity index (χ1) is 13.8. The molecule has 3 rings (SSSR count). The number of aliphatic hydroxyl groups excluding tert-OH is 1. The van der Waals surface area contributed by atoms with Gasteiger partial charge in [0.15, 0.2) is 5.78 Å². The summed E-state index contributed by atoms with van der Waals surface area (Å²) in [4.78, 5) is 24.2. The molecule has 3 aromatic rings. The zero-order valence-electron chi connectivity index (χ0n) is 15.9. The number of carbonyl (C=O) groups is 1. The third-order valence-corrected chi connectivity index (χ3v) is 4.93. The second-order valence-corrected chi connectivity index (χ2v) is 7.53. The number of ether oxygens (including phenoxy) is 1. The van der Waals surface area contributed by atoms with Crippen molar-refractivity contribution in [2.24, 2.45) is 0 Å². The minimum absolute atomic E-state index is 0.0364. The predicted molar refractivity (Wildman–Crippen MR) is 113 cm³/mol. The van der Waals surface area contributed by atoms with Crippen LogP contribution in [0.4, 0.5) is 0 Å². The number of Topliss-reactive ketones (excluding diaryl/α,β-unsaturated/α-hetero) is 1. The summed E-state index contributed by atoms with van der Waals surface area (Å²) in [6, 6.07) is 11.6. The van der Waals surface area contributed by atoms with Crippen LogP contribution in [-0.2, 0) is 6.54 Å². The molecule has 152 valence electrons. The molecular formula is C21H20Cl2N2O4. The minimum Gasteiger partial charge on any atom is -0.489 e. The Labute approximate surface area is 177 Å². The molecule has 1 aromatic heterocycles. The number of aromatic nitrogens is 2. The van der Waals surface area contributed by atoms with E-state index in [1.54, 1.807) is 55.6 Å². The molecule has 0 amide bonds. The number of hydrogen-bond donors (Lipinski definition) is 1. The van der Waals surface area contributed by atoms with Crippen molar-refractivity contribution < 1.29 is 14.6 Å². The lowest BCUT2D eigenvalue weighted by molar-refractivity contribution is 0.0916. The fourth-order valence-corrected chi connectivity index (χ4v) is 3.43. The van der Waals surface area contributed by atoms with E-state index in [0.717, 1.165) is 0 Å². The first-order valence-electron chi connectivity index (χ1n) is 8.92. The number of halogens is 2. The fraction of sp³-hybridized carbons (Fsp3) is 0.238. The van der Waals surface area contributed by atoms with Gasteiger partial charge in [-0.15, -0.1) is 0 Å². The van der Waals surface area contributed by atoms with E-state index in [9.17, 15) is 14.7 Å². The van der Waals surface area contributed by atoms with Crippen molar-refractivity contribution >= 4 is 29.0 Å². The smallest absolute Gasteiger partial charge is 0.333 e. The summed E-state index contributed by atoms with van der Waals surface area (Å²) in [6.07, 6.45) is 0.745. The summed E-state index contributed by atoms with van der Waals surface area (Å²) in [5, 5.41) is 11.1. The number of aliphatic hydroxyl groups is 1. The summed E-state index contributed by atoms with van der Waals surface area (Å²) in [5.74, 6) is 0.365. The molecule has 0 saturated carbocycles. The summed E-state index contributed by atoms with van der Waals surface area (Å²) < 4.78 is 8.47. The van der Waals surface area contributed by atoms with E-state index in [4.69, 9.17) is 27.9 Å². The van der Waals surface area contributed by atoms with Gasteiger partial charge in [-0.2, -0.15) is 0 Å². The lowest BCUT2D eigenvalue weighted by Gasteiger charge is -2.13. The second-order valence-electron chi connectivity index (χ2n) is 6.68. The van der Waals surface area contributed by atoms with Crippen molar-refractivity contribution in [1.29, 1.82) is 0 Å². The molecule has 0 spiro atoms. The van der Waals surface area contributed by atoms with Gasteiger partial charge in [0.05, 0.1) is 17.3 Å². The van der Waals surface area contributed by atoms with Gasteiger partial charge in [0.1, 0.15) is 18.5 Å². The van der Waals surface area contributed by atoms with E-state index < -0.39 is 6.10 Å². The number of nitrogens with zero attached hydrogens (tertiary/aromatic N) is 2. The van der Waals surface area contributed by atoms with Crippen LogP contribution in [0.3, 0.4) is 0 Å². The topological polar surface area (TPSA) is 73.5 Å². The van der Waals surface area contributed by atoms with Crippen molar-refractivity contribution in [1.82, 2.24) is 9.13 Å². The minimum atomic E-state index is -0.921. The molecule has 1 N–H and O–H groups in total. The first kappa shape index (κ1) is 21.2. The van der Waals surface area contributed by atoms with Crippen LogP contribution in [0, 0.1) is 6.92 Å². The van der Waals surface area contributed by atoms with Crippen molar-refractivity contribution in [3.63, 3.8) is 0 Å². The molecule has 29 heavy (non-hydrogen) atoms. The highest BCUT2D eigenvalue weighted by molar-refractivity contribution is 6.35. The standard InChI is InChI=1S/C21H20Cl2N2O4/c1-13-10-24(11-18(27)12-29-20-8-5-16(22)9-19(20)23)21(28)25(13)17-6-3-15(4-7-17)14(2)26/h3-10,18,27H,11-12H2,1-2H3/t18-/m1/s1. The van der Waals surface area contributed by atoms with Gasteiger partial charge >= 0.3 is 5.69 Å². The van der Waals surface area contributed by atoms with E-state index in [-0.39, 0.29) is 24.6 Å². The van der Waals surface area contributed by atoms with E-state index >= 15 is 0 Å². The Morgan fingerprint density at radius 1 is 1.17 bits per heavy atom. The number of benzene rings is 2. The monoisotopic (exact) mass is 434 g/mol. The number of rotatable bonds is 7. The lowest BCUT2D eigenvalue weighted by Crippen LogP contribution is -2.31. The normalized spacial score (nSPS) is 12.0. The van der Waals surface area contributed by atoms with Crippen molar-refractivity contribution in [3.8, 4) is 11.4 Å². The Hall–Kier alpha value is -2.54. The summed E-state index contributed by atoms with van der Waals surface area (Å²) in [7, 11) is 0. The van der Waals surface area contributed by atoms with Gasteiger partial charge in [0.2, 0.25) is 0 Å². The highest BCUT2D eigenvalue weighted by Gasteiger charge is 2.15. The second kappa shape index (κ2) is 8.86. The highest BCUT2D eigenvalue weighted by Crippen LogP contribution is 2.27. The van der Waals surface area contributed by atoms with Crippen LogP contribution < -0.4 is 10.4 Å². The van der Waals surface area contributed by atoms with Gasteiger partial charge < -0.3 is 9.84 Å². The SMILES string of the molecule is CC(=O)c1ccc(-n2c(C)cn(C[C@@H](O)COc3ccc(Cl)cc3Cl)c2=O)cc1. The predicted octanol–water partition coefficient (Wildman–Crippen LogP) is 3.90. The lowest BCUT2D eigenvalue weighted by atomic mass is 10.1. The van der Waals surface area contributed by atoms with Crippen LogP contribution in [-0.4, -0.2) is 32.7 Å². The van der Waals surface area contributed by atoms with E-state index in [1.165, 1.54) is 16.1 Å². The van der Waals surface area contributed by atoms with Crippen LogP contribution in [0.1, 0.15) is 23.0 Å². The number of imidazole rings is 1. The highest BCUT2D eigenvalue weighted by atomic mass is 35.5. The fourth-order valence-electron chi connectivity index (χ4n) is 2.97. The maximum Gasteiger partial charge on any atom is 0.333 e. The Morgan fingerprint density at radius 2 is 1.86 bits per heavy atom. The van der Waals surface area contributed by atoms with Crippen molar-refractivity contribution in [3.05, 3.63) is 80.4 Å². The van der Waals surface area contributed by atoms with Crippen LogP contribution >= 0.6 is 23.2 Å². The van der Waals surface area contributed by atoms with Crippen LogP contribution in [0.15, 0.2) is 53.5 Å². The summed E-state index contributed by atoms with van der Waals surface area (Å²) in [6.45, 7) is 3.31. The molecule has 0 unspecified atom stereocenters. The van der Waals surface area contributed by atoms with Crippen LogP contribution in [0.2, 0.25) is 10.0 Å². The molecule has 8 heteroatoms. The van der Waals surface area contributed by atoms with Gasteiger partial charge in [0, 0.05) is 22.5 Å². The number of hydrogen-bond acceptors (Lipinski definition) is 4. The summed E-state index contributed by atoms with van der Waals surface area (Å²) in [5.41, 5.74) is 1.64. The molecule has 0 aliphatic rings. The van der Waals surface area contributed by atoms with E-state index in [1.807, 2.05) is 0 Å². The van der Waals surface area contributed by atoms with E-state index in [2.05, 4.69) is 0 Å². The number of ketones is 1. The molecular weight excluding hydrogens is 415 g/mol. The third-order valence-electron chi connectivity index (χ3n) is 4.40. The van der Waals surface area contributed by atoms with Gasteiger partial charge in [-0.25, -0.2) is 4.79 Å². The average molecular weight is 435 g/mol. The zero-order chi connectivity index (χ0) is 21.1. The summed E-state index contributed by atoms with van der Waals surface area (Å²) >= 11 is 11.9. The Balaban J connectivity index is 1.72. The largest absolute Gasteiger partial charge is 0.489 e. The molecule has 6 nitrogen and oxygen atoms in total. The van der Waals surface area contributed by atoms with Gasteiger partial charge in [-0.05, 0) is 56.3 Å². The molecule has 0 fully saturated rings. The molecule has 0 bridgehead atoms. The first-order valence-corrected chi connectivity index (χ1v) is 9.68. The zero-order valence-corrected chi connectivity index (χ0v) is 17.4. The quantitative estimate of drug-likeness (QED) is 0.572. The third kappa shape index (κ3) is 4.90. The molecule has 2 aromatic carbocycles. The maximum atomic E-state index is 12.8. The van der Waals surface area contributed by atoms with Crippen LogP contribution in [0.25, 0.3) is 5.69 Å².